The van der Waals surface area contributed by atoms with Crippen molar-refractivity contribution in [1.82, 2.24) is 15.5 Å². The third-order valence-corrected chi connectivity index (χ3v) is 2.42. The number of aromatic nitrogens is 2. The minimum atomic E-state index is -4.65. The molecule has 1 heterocycles. The Kier molecular flexibility index (Phi) is 4.35. The highest BCUT2D eigenvalue weighted by Gasteiger charge is 2.38. The highest BCUT2D eigenvalue weighted by Crippen LogP contribution is 2.29. The first-order chi connectivity index (χ1) is 9.37. The number of aldehydes is 1. The largest absolute Gasteiger partial charge is 0.444 e. The summed E-state index contributed by atoms with van der Waals surface area (Å²) in [6, 6.07) is 0.659. The van der Waals surface area contributed by atoms with E-state index in [2.05, 4.69) is 15.5 Å². The van der Waals surface area contributed by atoms with E-state index >= 15 is 0 Å². The van der Waals surface area contributed by atoms with Crippen molar-refractivity contribution < 1.29 is 27.5 Å². The second kappa shape index (κ2) is 5.38. The lowest BCUT2D eigenvalue weighted by atomic mass is 10.00. The van der Waals surface area contributed by atoms with Gasteiger partial charge in [-0.05, 0) is 33.8 Å². The van der Waals surface area contributed by atoms with Gasteiger partial charge in [0.25, 0.3) is 0 Å². The summed E-state index contributed by atoms with van der Waals surface area (Å²) >= 11 is 0. The van der Waals surface area contributed by atoms with Crippen LogP contribution in [0.5, 0.6) is 0 Å². The topological polar surface area (TPSA) is 84.1 Å². The van der Waals surface area contributed by atoms with Crippen molar-refractivity contribution in [1.29, 1.82) is 0 Å². The predicted octanol–water partition coefficient (Wildman–Crippen LogP) is 2.37. The summed E-state index contributed by atoms with van der Waals surface area (Å²) in [6.45, 7) is 6.08. The van der Waals surface area contributed by atoms with Crippen LogP contribution in [0.2, 0.25) is 0 Å². The van der Waals surface area contributed by atoms with Gasteiger partial charge in [0, 0.05) is 0 Å². The van der Waals surface area contributed by atoms with Gasteiger partial charge in [0.05, 0.1) is 5.69 Å². The summed E-state index contributed by atoms with van der Waals surface area (Å²) in [7, 11) is 0. The van der Waals surface area contributed by atoms with Crippen molar-refractivity contribution in [3.63, 3.8) is 0 Å². The van der Waals surface area contributed by atoms with E-state index in [1.807, 2.05) is 0 Å². The molecule has 6 nitrogen and oxygen atoms in total. The molecule has 0 aliphatic carbocycles. The van der Waals surface area contributed by atoms with Crippen molar-refractivity contribution in [3.8, 4) is 0 Å². The van der Waals surface area contributed by atoms with E-state index in [4.69, 9.17) is 4.74 Å². The summed E-state index contributed by atoms with van der Waals surface area (Å²) in [5.74, 6) is 0. The number of nitrogens with zero attached hydrogens (tertiary/aromatic N) is 1. The molecule has 2 N–H and O–H groups in total. The van der Waals surface area contributed by atoms with Crippen LogP contribution in [0.3, 0.4) is 0 Å². The van der Waals surface area contributed by atoms with Crippen molar-refractivity contribution in [2.45, 2.75) is 45.0 Å². The number of ether oxygens (including phenoxy) is 1. The highest BCUT2D eigenvalue weighted by molar-refractivity contribution is 5.77. The number of carbonyl (C=O) groups excluding carboxylic acids is 2. The zero-order valence-electron chi connectivity index (χ0n) is 12.0. The van der Waals surface area contributed by atoms with Crippen LogP contribution in [0.1, 0.15) is 39.1 Å². The van der Waals surface area contributed by atoms with E-state index < -0.39 is 29.1 Å². The highest BCUT2D eigenvalue weighted by atomic mass is 19.4. The van der Waals surface area contributed by atoms with Gasteiger partial charge in [0.1, 0.15) is 11.1 Å². The van der Waals surface area contributed by atoms with Gasteiger partial charge in [0.15, 0.2) is 12.0 Å². The summed E-state index contributed by atoms with van der Waals surface area (Å²) < 4.78 is 42.5. The first-order valence-electron chi connectivity index (χ1n) is 5.98. The maximum Gasteiger partial charge on any atom is 0.435 e. The Hall–Kier alpha value is -2.06. The first-order valence-corrected chi connectivity index (χ1v) is 5.98. The Morgan fingerprint density at radius 1 is 1.33 bits per heavy atom. The van der Waals surface area contributed by atoms with Crippen LogP contribution >= 0.6 is 0 Å². The SMILES string of the molecule is CC(C)(C)OC(=O)NC(C)(C=O)c1cc(C(F)(F)F)n[nH]1. The minimum absolute atomic E-state index is 0.198. The van der Waals surface area contributed by atoms with E-state index in [-0.39, 0.29) is 5.69 Å². The molecule has 0 spiro atoms. The van der Waals surface area contributed by atoms with E-state index in [0.717, 1.165) is 0 Å². The normalized spacial score (nSPS) is 15.2. The molecule has 0 aliphatic heterocycles. The molecule has 1 amide bonds. The molecule has 0 radical (unpaired) electrons. The van der Waals surface area contributed by atoms with Crippen LogP contribution in [0.25, 0.3) is 0 Å². The van der Waals surface area contributed by atoms with E-state index in [0.29, 0.717) is 12.4 Å². The zero-order valence-corrected chi connectivity index (χ0v) is 12.0. The summed E-state index contributed by atoms with van der Waals surface area (Å²) in [4.78, 5) is 22.8. The average Bonchev–Trinajstić information content (AvgIpc) is 2.75. The number of aromatic amines is 1. The van der Waals surface area contributed by atoms with Crippen molar-refractivity contribution in [2.75, 3.05) is 0 Å². The number of rotatable bonds is 3. The smallest absolute Gasteiger partial charge is 0.435 e. The van der Waals surface area contributed by atoms with E-state index in [9.17, 15) is 22.8 Å². The molecule has 1 aromatic rings. The molecular weight excluding hydrogens is 291 g/mol. The molecule has 1 rings (SSSR count). The van der Waals surface area contributed by atoms with Crippen LogP contribution in [0.4, 0.5) is 18.0 Å². The fraction of sp³-hybridized carbons (Fsp3) is 0.583. The van der Waals surface area contributed by atoms with E-state index in [1.165, 1.54) is 6.92 Å². The third kappa shape index (κ3) is 4.47. The van der Waals surface area contributed by atoms with E-state index in [1.54, 1.807) is 20.8 Å². The van der Waals surface area contributed by atoms with Gasteiger partial charge in [-0.3, -0.25) is 5.10 Å². The van der Waals surface area contributed by atoms with Crippen molar-refractivity contribution in [3.05, 3.63) is 17.5 Å². The van der Waals surface area contributed by atoms with Gasteiger partial charge in [-0.25, -0.2) is 4.79 Å². The fourth-order valence-electron chi connectivity index (χ4n) is 1.41. The second-order valence-corrected chi connectivity index (χ2v) is 5.61. The summed E-state index contributed by atoms with van der Waals surface area (Å²) in [5, 5.41) is 7.40. The summed E-state index contributed by atoms with van der Waals surface area (Å²) in [5.41, 5.74) is -3.90. The lowest BCUT2D eigenvalue weighted by molar-refractivity contribution is -0.141. The molecule has 1 unspecified atom stereocenters. The quantitative estimate of drug-likeness (QED) is 0.840. The number of nitrogens with one attached hydrogen (secondary N) is 2. The number of hydrogen-bond acceptors (Lipinski definition) is 4. The minimum Gasteiger partial charge on any atom is -0.444 e. The van der Waals surface area contributed by atoms with Crippen LogP contribution in [-0.4, -0.2) is 28.2 Å². The van der Waals surface area contributed by atoms with Crippen molar-refractivity contribution in [2.24, 2.45) is 0 Å². The zero-order chi connectivity index (χ0) is 16.5. The molecule has 0 aromatic carbocycles. The molecule has 0 saturated carbocycles. The van der Waals surface area contributed by atoms with Crippen molar-refractivity contribution >= 4 is 12.4 Å². The molecule has 9 heteroatoms. The number of hydrogen-bond donors (Lipinski definition) is 2. The Morgan fingerprint density at radius 2 is 1.90 bits per heavy atom. The number of halogens is 3. The van der Waals surface area contributed by atoms with Crippen LogP contribution in [0.15, 0.2) is 6.07 Å². The first kappa shape index (κ1) is 17.0. The van der Waals surface area contributed by atoms with Crippen LogP contribution < -0.4 is 5.32 Å². The standard InChI is InChI=1S/C12H16F3N3O3/c1-10(2,3)21-9(20)16-11(4,6-19)7-5-8(18-17-7)12(13,14)15/h5-6H,1-4H3,(H,16,20)(H,17,18). The monoisotopic (exact) mass is 307 g/mol. The fourth-order valence-corrected chi connectivity index (χ4v) is 1.41. The summed E-state index contributed by atoms with van der Waals surface area (Å²) in [6.07, 6.45) is -5.28. The van der Waals surface area contributed by atoms with Crippen LogP contribution in [-0.2, 0) is 21.2 Å². The predicted molar refractivity (Wildman–Crippen MR) is 66.4 cm³/mol. The Morgan fingerprint density at radius 3 is 2.29 bits per heavy atom. The molecule has 21 heavy (non-hydrogen) atoms. The Bertz CT molecular complexity index is 534. The van der Waals surface area contributed by atoms with Gasteiger partial charge < -0.3 is 14.8 Å². The molecule has 118 valence electrons. The van der Waals surface area contributed by atoms with Gasteiger partial charge in [0.2, 0.25) is 0 Å². The Labute approximate surface area is 119 Å². The average molecular weight is 307 g/mol. The molecule has 0 aliphatic rings. The second-order valence-electron chi connectivity index (χ2n) is 5.61. The number of carbonyl (C=O) groups is 2. The number of alkyl halides is 3. The maximum atomic E-state index is 12.5. The van der Waals surface area contributed by atoms with Gasteiger partial charge >= 0.3 is 12.3 Å². The van der Waals surface area contributed by atoms with Gasteiger partial charge in [-0.2, -0.15) is 18.3 Å². The molecule has 0 saturated heterocycles. The third-order valence-electron chi connectivity index (χ3n) is 2.42. The maximum absolute atomic E-state index is 12.5. The van der Waals surface area contributed by atoms with Crippen LogP contribution in [0, 0.1) is 0 Å². The molecule has 0 fully saturated rings. The lowest BCUT2D eigenvalue weighted by Gasteiger charge is -2.26. The number of H-pyrrole nitrogens is 1. The molecule has 1 atom stereocenters. The Balaban J connectivity index is 2.97. The van der Waals surface area contributed by atoms with Gasteiger partial charge in [-0.1, -0.05) is 0 Å². The van der Waals surface area contributed by atoms with Gasteiger partial charge in [-0.15, -0.1) is 0 Å². The lowest BCUT2D eigenvalue weighted by Crippen LogP contribution is -2.47. The molecular formula is C12H16F3N3O3. The number of alkyl carbamates (subject to hydrolysis) is 1. The number of amides is 1. The molecule has 1 aromatic heterocycles. The molecule has 0 bridgehead atoms.